The van der Waals surface area contributed by atoms with Gasteiger partial charge in [0.2, 0.25) is 65.0 Å². The summed E-state index contributed by atoms with van der Waals surface area (Å²) in [6.07, 6.45) is -6.53. The van der Waals surface area contributed by atoms with Crippen LogP contribution in [0, 0.1) is 23.7 Å². The summed E-state index contributed by atoms with van der Waals surface area (Å²) in [6, 6.07) is -16.3. The number of rotatable bonds is 41. The largest absolute Gasteiger partial charge is 0.481 e. The van der Waals surface area contributed by atoms with Crippen LogP contribution in [0.3, 0.4) is 0 Å². The third kappa shape index (κ3) is 28.5. The van der Waals surface area contributed by atoms with E-state index in [4.69, 9.17) is 17.2 Å². The maximum absolute atomic E-state index is 14.3. The molecule has 0 aliphatic carbocycles. The number of nitrogens with two attached hydrogens (primary N) is 3. The van der Waals surface area contributed by atoms with Crippen molar-refractivity contribution in [3.8, 4) is 0 Å². The van der Waals surface area contributed by atoms with Crippen molar-refractivity contribution in [2.75, 3.05) is 0 Å². The summed E-state index contributed by atoms with van der Waals surface area (Å²) in [6.45, 7) is 13.6. The van der Waals surface area contributed by atoms with Gasteiger partial charge < -0.3 is 90.6 Å². The summed E-state index contributed by atoms with van der Waals surface area (Å²) in [4.78, 5) is 194. The van der Waals surface area contributed by atoms with Crippen LogP contribution in [0.1, 0.15) is 139 Å². The van der Waals surface area contributed by atoms with Crippen molar-refractivity contribution >= 4 is 88.9 Å². The van der Waals surface area contributed by atoms with Gasteiger partial charge in [-0.25, -0.2) is 4.79 Å². The fourth-order valence-electron chi connectivity index (χ4n) is 7.82. The minimum atomic E-state index is -1.94. The molecule has 0 aliphatic rings. The summed E-state index contributed by atoms with van der Waals surface area (Å²) in [5.74, 6) is -20.1. The highest BCUT2D eigenvalue weighted by molar-refractivity contribution is 5.99. The van der Waals surface area contributed by atoms with E-state index in [2.05, 4.69) is 47.9 Å². The molecule has 0 rings (SSSR count). The fourth-order valence-corrected chi connectivity index (χ4v) is 7.82. The molecule has 0 aromatic heterocycles. The number of aliphatic carboxylic acids is 4. The molecule has 0 aliphatic heterocycles. The monoisotopic (exact) mass is 1190 g/mol. The lowest BCUT2D eigenvalue weighted by Crippen LogP contribution is -2.62. The van der Waals surface area contributed by atoms with Crippen LogP contribution < -0.4 is 65.1 Å². The molecule has 0 saturated carbocycles. The van der Waals surface area contributed by atoms with Crippen molar-refractivity contribution in [2.24, 2.45) is 40.9 Å². The molecule has 0 spiro atoms. The van der Waals surface area contributed by atoms with Crippen LogP contribution in [0.2, 0.25) is 0 Å². The first-order valence-electron chi connectivity index (χ1n) is 27.1. The number of nitrogens with one attached hydrogen (secondary N) is 9. The van der Waals surface area contributed by atoms with E-state index in [1.807, 2.05) is 0 Å². The maximum atomic E-state index is 14.3. The van der Waals surface area contributed by atoms with Gasteiger partial charge in [-0.1, -0.05) is 68.2 Å². The molecular weight excluding hydrogens is 1100 g/mol. The lowest BCUT2D eigenvalue weighted by molar-refractivity contribution is -0.146. The molecule has 0 aromatic carbocycles. The van der Waals surface area contributed by atoms with Gasteiger partial charge in [0.05, 0.1) is 18.6 Å². The lowest BCUT2D eigenvalue weighted by Gasteiger charge is -2.31. The smallest absolute Gasteiger partial charge is 0.328 e. The van der Waals surface area contributed by atoms with Crippen molar-refractivity contribution in [3.05, 3.63) is 0 Å². The number of hydrogen-bond acceptors (Lipinski definition) is 17. The molecule has 32 heteroatoms. The zero-order valence-electron chi connectivity index (χ0n) is 48.2. The standard InChI is InChI=1S/C51H86N12O20/c1-10-24(7)39(62-50(81)40(25(8)11-2)61-45(76)30(15-19-36(69)70)55-42(73)27(52)12-16-33(53)65)49(80)57-29(14-18-35(67)68)43(74)56-28(13-17-34(54)66)44(75)58-31(20-22(3)4)46(77)59-32(21-37(71)72)47(78)60-38(23(5)6)48(79)63-41(26(9)64)51(82)83/h22-32,38-41,64H,10-21,52H2,1-9H3,(H2,53,65)(H2,54,66)(H,55,73)(H,56,74)(H,57,80)(H,58,75)(H,59,77)(H,60,78)(H,61,76)(H,62,81)(H,63,79)(H,67,68)(H,69,70)(H,71,72)(H,82,83)/t24-,25-,26+,27-,28-,29-,30-,31-,32-,38-,39-,40-,41-/m0/s1. The van der Waals surface area contributed by atoms with E-state index in [9.17, 15) is 97.5 Å². The average molecular weight is 1190 g/mol. The second-order valence-corrected chi connectivity index (χ2v) is 21.1. The van der Waals surface area contributed by atoms with Crippen molar-refractivity contribution in [1.82, 2.24) is 47.9 Å². The van der Waals surface area contributed by atoms with Crippen molar-refractivity contribution < 1.29 is 97.5 Å². The molecule has 0 heterocycles. The summed E-state index contributed by atoms with van der Waals surface area (Å²) in [5.41, 5.74) is 16.4. The van der Waals surface area contributed by atoms with Crippen LogP contribution in [0.4, 0.5) is 0 Å². The van der Waals surface area contributed by atoms with Crippen molar-refractivity contribution in [3.63, 3.8) is 0 Å². The SMILES string of the molecule is CC[C@H](C)[C@H](NC(=O)[C@H](CCC(=O)O)NC(=O)[C@@H](N)CCC(N)=O)C(=O)N[C@H](C(=O)N[C@@H](CCC(=O)O)C(=O)N[C@@H](CCC(N)=O)C(=O)N[C@@H](CC(C)C)C(=O)N[C@@H](CC(=O)O)C(=O)N[C@H](C(=O)N[C@H](C(=O)O)[C@@H](C)O)C(C)C)[C@@H](C)CC. The molecule has 0 bridgehead atoms. The topological polar surface area (TPSA) is 544 Å². The Labute approximate surface area is 479 Å². The third-order valence-corrected chi connectivity index (χ3v) is 13.1. The highest BCUT2D eigenvalue weighted by Gasteiger charge is 2.39. The predicted octanol–water partition coefficient (Wildman–Crippen LogP) is -4.33. The van der Waals surface area contributed by atoms with Gasteiger partial charge in [0.15, 0.2) is 6.04 Å². The Morgan fingerprint density at radius 1 is 0.386 bits per heavy atom. The Morgan fingerprint density at radius 2 is 0.711 bits per heavy atom. The van der Waals surface area contributed by atoms with Gasteiger partial charge >= 0.3 is 23.9 Å². The van der Waals surface area contributed by atoms with E-state index < -0.39 is 224 Å². The number of carbonyl (C=O) groups excluding carboxylic acids is 11. The third-order valence-electron chi connectivity index (χ3n) is 13.1. The Kier molecular flexibility index (Phi) is 33.6. The molecule has 13 atom stereocenters. The zero-order valence-corrected chi connectivity index (χ0v) is 48.2. The Bertz CT molecular complexity index is 2320. The number of hydrogen-bond donors (Lipinski definition) is 17. The molecule has 11 amide bonds. The number of aliphatic hydroxyl groups excluding tert-OH is 1. The highest BCUT2D eigenvalue weighted by Crippen LogP contribution is 2.16. The summed E-state index contributed by atoms with van der Waals surface area (Å²) >= 11 is 0. The summed E-state index contributed by atoms with van der Waals surface area (Å²) in [7, 11) is 0. The van der Waals surface area contributed by atoms with Gasteiger partial charge in [-0.2, -0.15) is 0 Å². The molecule has 0 unspecified atom stereocenters. The minimum Gasteiger partial charge on any atom is -0.481 e. The van der Waals surface area contributed by atoms with Crippen LogP contribution in [0.5, 0.6) is 0 Å². The molecule has 83 heavy (non-hydrogen) atoms. The van der Waals surface area contributed by atoms with E-state index in [0.717, 1.165) is 6.92 Å². The van der Waals surface area contributed by atoms with Crippen LogP contribution in [0.25, 0.3) is 0 Å². The van der Waals surface area contributed by atoms with E-state index in [-0.39, 0.29) is 32.1 Å². The van der Waals surface area contributed by atoms with Gasteiger partial charge in [0, 0.05) is 25.7 Å². The van der Waals surface area contributed by atoms with Gasteiger partial charge in [-0.15, -0.1) is 0 Å². The molecule has 0 saturated heterocycles. The van der Waals surface area contributed by atoms with Crippen LogP contribution in [-0.2, 0) is 71.9 Å². The van der Waals surface area contributed by atoms with Gasteiger partial charge in [0.25, 0.3) is 0 Å². The molecule has 0 aromatic rings. The van der Waals surface area contributed by atoms with Gasteiger partial charge in [-0.3, -0.25) is 67.1 Å². The Morgan fingerprint density at radius 3 is 1.11 bits per heavy atom. The maximum Gasteiger partial charge on any atom is 0.328 e. The average Bonchev–Trinajstić information content (AvgIpc) is 3.45. The number of carbonyl (C=O) groups is 15. The first-order chi connectivity index (χ1) is 38.5. The van der Waals surface area contributed by atoms with Gasteiger partial charge in [0.1, 0.15) is 48.3 Å². The Balaban J connectivity index is 7.00. The first-order valence-corrected chi connectivity index (χ1v) is 27.1. The molecule has 0 radical (unpaired) electrons. The zero-order chi connectivity index (χ0) is 64.2. The van der Waals surface area contributed by atoms with Crippen molar-refractivity contribution in [1.29, 1.82) is 0 Å². The van der Waals surface area contributed by atoms with Gasteiger partial charge in [-0.05, 0) is 62.7 Å². The lowest BCUT2D eigenvalue weighted by atomic mass is 9.94. The van der Waals surface area contributed by atoms with E-state index >= 15 is 0 Å². The molecular formula is C51H86N12O20. The van der Waals surface area contributed by atoms with Crippen molar-refractivity contribution in [2.45, 2.75) is 206 Å². The fraction of sp³-hybridized carbons (Fsp3) is 0.706. The van der Waals surface area contributed by atoms with E-state index in [0.29, 0.717) is 0 Å². The summed E-state index contributed by atoms with van der Waals surface area (Å²) in [5, 5.41) is 69.2. The van der Waals surface area contributed by atoms with Crippen LogP contribution in [-0.4, -0.2) is 181 Å². The number of amides is 11. The summed E-state index contributed by atoms with van der Waals surface area (Å²) < 4.78 is 0. The molecule has 0 fully saturated rings. The van der Waals surface area contributed by atoms with E-state index in [1.165, 1.54) is 20.8 Å². The quantitative estimate of drug-likeness (QED) is 0.0275. The number of carboxylic acids is 4. The Hall–Kier alpha value is -8.03. The first kappa shape index (κ1) is 75.0. The van der Waals surface area contributed by atoms with Crippen LogP contribution >= 0.6 is 0 Å². The number of primary amides is 2. The second-order valence-electron chi connectivity index (χ2n) is 21.1. The second kappa shape index (κ2) is 37.1. The highest BCUT2D eigenvalue weighted by atomic mass is 16.4. The molecule has 20 N–H and O–H groups in total. The van der Waals surface area contributed by atoms with E-state index in [1.54, 1.807) is 34.6 Å². The number of carboxylic acid groups (broad SMARTS) is 4. The predicted molar refractivity (Wildman–Crippen MR) is 291 cm³/mol. The molecule has 470 valence electrons. The normalized spacial score (nSPS) is 15.9. The number of aliphatic hydroxyl groups is 1. The minimum absolute atomic E-state index is 0.196. The molecule has 32 nitrogen and oxygen atoms in total. The van der Waals surface area contributed by atoms with Crippen LogP contribution in [0.15, 0.2) is 0 Å².